The van der Waals surface area contributed by atoms with Gasteiger partial charge in [-0.2, -0.15) is 0 Å². The quantitative estimate of drug-likeness (QED) is 0.898. The lowest BCUT2D eigenvalue weighted by molar-refractivity contribution is -0.134. The second-order valence-corrected chi connectivity index (χ2v) is 6.35. The van der Waals surface area contributed by atoms with Crippen LogP contribution in [0.25, 0.3) is 0 Å². The highest BCUT2D eigenvalue weighted by Crippen LogP contribution is 2.20. The van der Waals surface area contributed by atoms with Crippen LogP contribution in [0.15, 0.2) is 24.3 Å². The van der Waals surface area contributed by atoms with Gasteiger partial charge in [0.05, 0.1) is 6.04 Å². The average Bonchev–Trinajstić information content (AvgIpc) is 2.93. The standard InChI is InChI=1S/C17H25N3O/c1-13-4-3-5-15(12-13)19-8-10-20(11-9-19)17(21)16-14(2)6-7-18-16/h3-5,12,14,16,18H,6-11H2,1-2H3. The van der Waals surface area contributed by atoms with E-state index in [1.807, 2.05) is 4.90 Å². The van der Waals surface area contributed by atoms with Crippen molar-refractivity contribution in [1.82, 2.24) is 10.2 Å². The maximum absolute atomic E-state index is 12.6. The zero-order chi connectivity index (χ0) is 14.8. The Morgan fingerprint density at radius 2 is 2.00 bits per heavy atom. The lowest BCUT2D eigenvalue weighted by Gasteiger charge is -2.37. The van der Waals surface area contributed by atoms with E-state index in [2.05, 4.69) is 48.3 Å². The number of benzene rings is 1. The lowest BCUT2D eigenvalue weighted by atomic mass is 10.0. The summed E-state index contributed by atoms with van der Waals surface area (Å²) in [6.45, 7) is 8.78. The first kappa shape index (κ1) is 14.4. The Bertz CT molecular complexity index is 509. The Morgan fingerprint density at radius 1 is 1.24 bits per heavy atom. The van der Waals surface area contributed by atoms with Crippen LogP contribution in [0.3, 0.4) is 0 Å². The van der Waals surface area contributed by atoms with Gasteiger partial charge in [-0.05, 0) is 43.5 Å². The topological polar surface area (TPSA) is 35.6 Å². The highest BCUT2D eigenvalue weighted by Gasteiger charge is 2.33. The van der Waals surface area contributed by atoms with Crippen molar-refractivity contribution in [2.24, 2.45) is 5.92 Å². The molecule has 0 bridgehead atoms. The molecule has 0 saturated carbocycles. The van der Waals surface area contributed by atoms with Gasteiger partial charge in [0.15, 0.2) is 0 Å². The monoisotopic (exact) mass is 287 g/mol. The van der Waals surface area contributed by atoms with E-state index in [1.165, 1.54) is 11.3 Å². The van der Waals surface area contributed by atoms with Gasteiger partial charge in [0, 0.05) is 31.9 Å². The molecule has 2 fully saturated rings. The molecule has 2 heterocycles. The predicted octanol–water partition coefficient (Wildman–Crippen LogP) is 1.64. The smallest absolute Gasteiger partial charge is 0.240 e. The first-order chi connectivity index (χ1) is 10.1. The second kappa shape index (κ2) is 6.06. The molecular formula is C17H25N3O. The van der Waals surface area contributed by atoms with Crippen LogP contribution >= 0.6 is 0 Å². The number of amides is 1. The fourth-order valence-corrected chi connectivity index (χ4v) is 3.37. The average molecular weight is 287 g/mol. The fourth-order valence-electron chi connectivity index (χ4n) is 3.37. The van der Waals surface area contributed by atoms with Crippen LogP contribution in [-0.2, 0) is 4.79 Å². The third kappa shape index (κ3) is 3.05. The summed E-state index contributed by atoms with van der Waals surface area (Å²) in [7, 11) is 0. The molecule has 0 radical (unpaired) electrons. The van der Waals surface area contributed by atoms with Crippen molar-refractivity contribution in [3.8, 4) is 0 Å². The highest BCUT2D eigenvalue weighted by atomic mass is 16.2. The number of nitrogens with one attached hydrogen (secondary N) is 1. The summed E-state index contributed by atoms with van der Waals surface area (Å²) in [5.74, 6) is 0.760. The van der Waals surface area contributed by atoms with E-state index in [4.69, 9.17) is 0 Å². The number of carbonyl (C=O) groups excluding carboxylic acids is 1. The summed E-state index contributed by atoms with van der Waals surface area (Å²) in [5.41, 5.74) is 2.56. The van der Waals surface area contributed by atoms with Crippen molar-refractivity contribution in [1.29, 1.82) is 0 Å². The third-order valence-electron chi connectivity index (χ3n) is 4.76. The van der Waals surface area contributed by atoms with Crippen molar-refractivity contribution < 1.29 is 4.79 Å². The largest absolute Gasteiger partial charge is 0.368 e. The number of nitrogens with zero attached hydrogens (tertiary/aromatic N) is 2. The number of carbonyl (C=O) groups is 1. The zero-order valence-electron chi connectivity index (χ0n) is 13.0. The Kier molecular flexibility index (Phi) is 4.15. The zero-order valence-corrected chi connectivity index (χ0v) is 13.0. The molecule has 2 aliphatic heterocycles. The number of hydrogen-bond donors (Lipinski definition) is 1. The summed E-state index contributed by atoms with van der Waals surface area (Å²) in [6, 6.07) is 8.64. The van der Waals surface area contributed by atoms with Gasteiger partial charge < -0.3 is 15.1 Å². The first-order valence-corrected chi connectivity index (χ1v) is 7.99. The predicted molar refractivity (Wildman–Crippen MR) is 85.5 cm³/mol. The molecule has 0 aromatic heterocycles. The summed E-state index contributed by atoms with van der Waals surface area (Å²) in [4.78, 5) is 17.0. The second-order valence-electron chi connectivity index (χ2n) is 6.35. The molecule has 0 aliphatic carbocycles. The van der Waals surface area contributed by atoms with Gasteiger partial charge in [-0.25, -0.2) is 0 Å². The molecule has 2 unspecified atom stereocenters. The van der Waals surface area contributed by atoms with Crippen LogP contribution in [0.5, 0.6) is 0 Å². The van der Waals surface area contributed by atoms with E-state index >= 15 is 0 Å². The highest BCUT2D eigenvalue weighted by molar-refractivity contribution is 5.82. The van der Waals surface area contributed by atoms with Gasteiger partial charge in [0.25, 0.3) is 0 Å². The van der Waals surface area contributed by atoms with Crippen molar-refractivity contribution >= 4 is 11.6 Å². The molecular weight excluding hydrogens is 262 g/mol. The molecule has 4 nitrogen and oxygen atoms in total. The van der Waals surface area contributed by atoms with E-state index in [0.29, 0.717) is 11.8 Å². The van der Waals surface area contributed by atoms with Gasteiger partial charge in [-0.3, -0.25) is 4.79 Å². The maximum atomic E-state index is 12.6. The molecule has 2 atom stereocenters. The minimum Gasteiger partial charge on any atom is -0.368 e. The third-order valence-corrected chi connectivity index (χ3v) is 4.76. The number of rotatable bonds is 2. The van der Waals surface area contributed by atoms with E-state index < -0.39 is 0 Å². The van der Waals surface area contributed by atoms with Crippen molar-refractivity contribution in [2.75, 3.05) is 37.6 Å². The Balaban J connectivity index is 1.59. The molecule has 3 rings (SSSR count). The van der Waals surface area contributed by atoms with Crippen molar-refractivity contribution in [3.05, 3.63) is 29.8 Å². The van der Waals surface area contributed by atoms with Crippen LogP contribution in [0.1, 0.15) is 18.9 Å². The Morgan fingerprint density at radius 3 is 2.62 bits per heavy atom. The molecule has 1 aromatic carbocycles. The Hall–Kier alpha value is -1.55. The number of anilines is 1. The van der Waals surface area contributed by atoms with Gasteiger partial charge >= 0.3 is 0 Å². The summed E-state index contributed by atoms with van der Waals surface area (Å²) in [5, 5.41) is 3.35. The molecule has 2 saturated heterocycles. The van der Waals surface area contributed by atoms with Crippen LogP contribution in [-0.4, -0.2) is 49.6 Å². The van der Waals surface area contributed by atoms with E-state index in [9.17, 15) is 4.79 Å². The lowest BCUT2D eigenvalue weighted by Crippen LogP contribution is -2.54. The van der Waals surface area contributed by atoms with Gasteiger partial charge in [0.1, 0.15) is 0 Å². The normalized spacial score (nSPS) is 26.2. The van der Waals surface area contributed by atoms with Gasteiger partial charge in [-0.15, -0.1) is 0 Å². The van der Waals surface area contributed by atoms with Crippen molar-refractivity contribution in [2.45, 2.75) is 26.3 Å². The Labute approximate surface area is 127 Å². The van der Waals surface area contributed by atoms with Crippen LogP contribution in [0.2, 0.25) is 0 Å². The minimum atomic E-state index is 0.0375. The SMILES string of the molecule is Cc1cccc(N2CCN(C(=O)C3NCCC3C)CC2)c1. The van der Waals surface area contributed by atoms with E-state index in [-0.39, 0.29) is 6.04 Å². The molecule has 0 spiro atoms. The number of hydrogen-bond acceptors (Lipinski definition) is 3. The van der Waals surface area contributed by atoms with Crippen LogP contribution in [0, 0.1) is 12.8 Å². The van der Waals surface area contributed by atoms with E-state index in [1.54, 1.807) is 0 Å². The molecule has 1 aromatic rings. The molecule has 1 amide bonds. The van der Waals surface area contributed by atoms with Crippen molar-refractivity contribution in [3.63, 3.8) is 0 Å². The molecule has 4 heteroatoms. The van der Waals surface area contributed by atoms with Crippen LogP contribution < -0.4 is 10.2 Å². The van der Waals surface area contributed by atoms with Gasteiger partial charge in [0.2, 0.25) is 5.91 Å². The first-order valence-electron chi connectivity index (χ1n) is 7.99. The number of piperazine rings is 1. The molecule has 1 N–H and O–H groups in total. The molecule has 114 valence electrons. The summed E-state index contributed by atoms with van der Waals surface area (Å²) in [6.07, 6.45) is 1.11. The number of aryl methyl sites for hydroxylation is 1. The molecule has 21 heavy (non-hydrogen) atoms. The van der Waals surface area contributed by atoms with Gasteiger partial charge in [-0.1, -0.05) is 19.1 Å². The summed E-state index contributed by atoms with van der Waals surface area (Å²) >= 11 is 0. The maximum Gasteiger partial charge on any atom is 0.240 e. The summed E-state index contributed by atoms with van der Waals surface area (Å²) < 4.78 is 0. The minimum absolute atomic E-state index is 0.0375. The van der Waals surface area contributed by atoms with Crippen LogP contribution in [0.4, 0.5) is 5.69 Å². The molecule has 2 aliphatic rings. The fraction of sp³-hybridized carbons (Fsp3) is 0.588. The van der Waals surface area contributed by atoms with E-state index in [0.717, 1.165) is 39.1 Å².